The molecule has 0 aromatic carbocycles. The van der Waals surface area contributed by atoms with Gasteiger partial charge in [-0.25, -0.2) is 4.98 Å². The molecule has 2 N–H and O–H groups in total. The SMILES string of the molecule is CCC1C(=O)C(Cc2cnc[nH]2)CCC1NC. The van der Waals surface area contributed by atoms with Crippen molar-refractivity contribution in [3.63, 3.8) is 0 Å². The average Bonchev–Trinajstić information content (AvgIpc) is 2.84. The average molecular weight is 235 g/mol. The fourth-order valence-electron chi connectivity index (χ4n) is 2.92. The van der Waals surface area contributed by atoms with Crippen LogP contribution in [0.3, 0.4) is 0 Å². The van der Waals surface area contributed by atoms with Crippen molar-refractivity contribution in [1.82, 2.24) is 15.3 Å². The third-order valence-electron chi connectivity index (χ3n) is 3.91. The van der Waals surface area contributed by atoms with Gasteiger partial charge in [-0.1, -0.05) is 6.92 Å². The molecular weight excluding hydrogens is 214 g/mol. The Balaban J connectivity index is 2.03. The summed E-state index contributed by atoms with van der Waals surface area (Å²) in [5.41, 5.74) is 1.07. The zero-order chi connectivity index (χ0) is 12.3. The highest BCUT2D eigenvalue weighted by Gasteiger charge is 2.36. The van der Waals surface area contributed by atoms with E-state index >= 15 is 0 Å². The highest BCUT2D eigenvalue weighted by Crippen LogP contribution is 2.30. The van der Waals surface area contributed by atoms with Crippen molar-refractivity contribution in [2.75, 3.05) is 7.05 Å². The zero-order valence-electron chi connectivity index (χ0n) is 10.6. The lowest BCUT2D eigenvalue weighted by atomic mass is 9.74. The molecule has 0 aliphatic heterocycles. The molecule has 0 spiro atoms. The first-order valence-electron chi connectivity index (χ1n) is 6.44. The van der Waals surface area contributed by atoms with Gasteiger partial charge in [0.15, 0.2) is 0 Å². The second-order valence-electron chi connectivity index (χ2n) is 4.87. The van der Waals surface area contributed by atoms with Crippen LogP contribution in [0.5, 0.6) is 0 Å². The van der Waals surface area contributed by atoms with Crippen LogP contribution in [0, 0.1) is 11.8 Å². The number of ketones is 1. The van der Waals surface area contributed by atoms with Crippen molar-refractivity contribution < 1.29 is 4.79 Å². The van der Waals surface area contributed by atoms with E-state index in [4.69, 9.17) is 0 Å². The zero-order valence-corrected chi connectivity index (χ0v) is 10.6. The molecule has 0 bridgehead atoms. The molecule has 4 nitrogen and oxygen atoms in total. The number of imidazole rings is 1. The van der Waals surface area contributed by atoms with Crippen molar-refractivity contribution in [3.8, 4) is 0 Å². The van der Waals surface area contributed by atoms with Gasteiger partial charge in [-0.15, -0.1) is 0 Å². The number of carbonyl (C=O) groups is 1. The van der Waals surface area contributed by atoms with Gasteiger partial charge in [0.1, 0.15) is 5.78 Å². The maximum atomic E-state index is 12.4. The Morgan fingerprint density at radius 3 is 2.94 bits per heavy atom. The summed E-state index contributed by atoms with van der Waals surface area (Å²) < 4.78 is 0. The van der Waals surface area contributed by atoms with Crippen LogP contribution in [-0.4, -0.2) is 28.8 Å². The number of nitrogens with zero attached hydrogens (tertiary/aromatic N) is 1. The monoisotopic (exact) mass is 235 g/mol. The lowest BCUT2D eigenvalue weighted by Crippen LogP contribution is -2.45. The lowest BCUT2D eigenvalue weighted by molar-refractivity contribution is -0.130. The highest BCUT2D eigenvalue weighted by molar-refractivity contribution is 5.85. The molecule has 1 heterocycles. The number of aromatic amines is 1. The minimum absolute atomic E-state index is 0.171. The van der Waals surface area contributed by atoms with E-state index in [1.165, 1.54) is 0 Å². The van der Waals surface area contributed by atoms with Gasteiger partial charge in [0.25, 0.3) is 0 Å². The van der Waals surface area contributed by atoms with Gasteiger partial charge < -0.3 is 10.3 Å². The van der Waals surface area contributed by atoms with Gasteiger partial charge in [-0.2, -0.15) is 0 Å². The second-order valence-corrected chi connectivity index (χ2v) is 4.87. The number of Topliss-reactive ketones (excluding diaryl/α,β-unsaturated/α-hetero) is 1. The maximum Gasteiger partial charge on any atom is 0.140 e. The molecule has 17 heavy (non-hydrogen) atoms. The third kappa shape index (κ3) is 2.57. The summed E-state index contributed by atoms with van der Waals surface area (Å²) in [4.78, 5) is 19.5. The maximum absolute atomic E-state index is 12.4. The van der Waals surface area contributed by atoms with E-state index in [0.717, 1.165) is 31.4 Å². The van der Waals surface area contributed by atoms with Crippen LogP contribution in [0.2, 0.25) is 0 Å². The van der Waals surface area contributed by atoms with Crippen molar-refractivity contribution in [1.29, 1.82) is 0 Å². The fraction of sp³-hybridized carbons (Fsp3) is 0.692. The van der Waals surface area contributed by atoms with E-state index in [-0.39, 0.29) is 11.8 Å². The predicted octanol–water partition coefficient (Wildman–Crippen LogP) is 1.55. The molecule has 94 valence electrons. The quantitative estimate of drug-likeness (QED) is 0.832. The van der Waals surface area contributed by atoms with E-state index in [2.05, 4.69) is 22.2 Å². The van der Waals surface area contributed by atoms with Gasteiger partial charge in [0.2, 0.25) is 0 Å². The smallest absolute Gasteiger partial charge is 0.140 e. The van der Waals surface area contributed by atoms with E-state index < -0.39 is 0 Å². The Kier molecular flexibility index (Phi) is 3.94. The molecule has 1 aromatic heterocycles. The predicted molar refractivity (Wildman–Crippen MR) is 66.7 cm³/mol. The Morgan fingerprint density at radius 2 is 2.35 bits per heavy atom. The first-order chi connectivity index (χ1) is 8.26. The fourth-order valence-corrected chi connectivity index (χ4v) is 2.92. The summed E-state index contributed by atoms with van der Waals surface area (Å²) >= 11 is 0. The molecule has 0 radical (unpaired) electrons. The summed E-state index contributed by atoms with van der Waals surface area (Å²) in [6.45, 7) is 2.10. The molecule has 3 unspecified atom stereocenters. The third-order valence-corrected chi connectivity index (χ3v) is 3.91. The van der Waals surface area contributed by atoms with Gasteiger partial charge in [-0.05, 0) is 32.7 Å². The summed E-state index contributed by atoms with van der Waals surface area (Å²) in [5.74, 6) is 0.777. The summed E-state index contributed by atoms with van der Waals surface area (Å²) in [5, 5.41) is 3.27. The number of H-pyrrole nitrogens is 1. The van der Waals surface area contributed by atoms with Crippen molar-refractivity contribution >= 4 is 5.78 Å². The molecule has 0 amide bonds. The Labute approximate surface area is 102 Å². The van der Waals surface area contributed by atoms with Crippen molar-refractivity contribution in [3.05, 3.63) is 18.2 Å². The molecule has 3 atom stereocenters. The second kappa shape index (κ2) is 5.45. The Bertz CT molecular complexity index is 361. The minimum atomic E-state index is 0.171. The highest BCUT2D eigenvalue weighted by atomic mass is 16.1. The molecular formula is C13H21N3O. The molecule has 4 heteroatoms. The first kappa shape index (κ1) is 12.3. The standard InChI is InChI=1S/C13H21N3O/c1-3-11-12(14-2)5-4-9(13(11)17)6-10-7-15-8-16-10/h7-9,11-12,14H,3-6H2,1-2H3,(H,15,16). The lowest BCUT2D eigenvalue weighted by Gasteiger charge is -2.34. The van der Waals surface area contributed by atoms with Gasteiger partial charge in [0.05, 0.1) is 6.33 Å². The van der Waals surface area contributed by atoms with E-state index in [1.807, 2.05) is 13.2 Å². The van der Waals surface area contributed by atoms with Crippen LogP contribution in [0.25, 0.3) is 0 Å². The van der Waals surface area contributed by atoms with Gasteiger partial charge in [0, 0.05) is 29.8 Å². The molecule has 1 aromatic rings. The number of hydrogen-bond acceptors (Lipinski definition) is 3. The number of hydrogen-bond donors (Lipinski definition) is 2. The summed E-state index contributed by atoms with van der Waals surface area (Å²) in [7, 11) is 1.95. The van der Waals surface area contributed by atoms with Crippen LogP contribution >= 0.6 is 0 Å². The molecule has 1 aliphatic carbocycles. The number of rotatable bonds is 4. The number of aromatic nitrogens is 2. The molecule has 1 saturated carbocycles. The number of nitrogens with one attached hydrogen (secondary N) is 2. The van der Waals surface area contributed by atoms with Crippen LogP contribution in [0.4, 0.5) is 0 Å². The largest absolute Gasteiger partial charge is 0.348 e. The van der Waals surface area contributed by atoms with Crippen LogP contribution in [0.15, 0.2) is 12.5 Å². The summed E-state index contributed by atoms with van der Waals surface area (Å²) in [6.07, 6.45) is 7.32. The van der Waals surface area contributed by atoms with Crippen LogP contribution in [0.1, 0.15) is 31.9 Å². The molecule has 1 fully saturated rings. The normalized spacial score (nSPS) is 29.5. The van der Waals surface area contributed by atoms with Crippen molar-refractivity contribution in [2.45, 2.75) is 38.6 Å². The Hall–Kier alpha value is -1.16. The van der Waals surface area contributed by atoms with Gasteiger partial charge >= 0.3 is 0 Å². The van der Waals surface area contributed by atoms with Crippen LogP contribution in [-0.2, 0) is 11.2 Å². The van der Waals surface area contributed by atoms with Gasteiger partial charge in [-0.3, -0.25) is 4.79 Å². The summed E-state index contributed by atoms with van der Waals surface area (Å²) in [6, 6.07) is 0.366. The first-order valence-corrected chi connectivity index (χ1v) is 6.44. The van der Waals surface area contributed by atoms with Crippen LogP contribution < -0.4 is 5.32 Å². The van der Waals surface area contributed by atoms with Crippen molar-refractivity contribution in [2.24, 2.45) is 11.8 Å². The van der Waals surface area contributed by atoms with E-state index in [1.54, 1.807) is 6.33 Å². The Morgan fingerprint density at radius 1 is 1.53 bits per heavy atom. The molecule has 0 saturated heterocycles. The van der Waals surface area contributed by atoms with E-state index in [9.17, 15) is 4.79 Å². The van der Waals surface area contributed by atoms with E-state index in [0.29, 0.717) is 11.8 Å². The topological polar surface area (TPSA) is 57.8 Å². The minimum Gasteiger partial charge on any atom is -0.348 e. The molecule has 1 aliphatic rings. The number of carbonyl (C=O) groups excluding carboxylic acids is 1. The molecule has 2 rings (SSSR count).